The van der Waals surface area contributed by atoms with Crippen LogP contribution in [0, 0.1) is 16.7 Å². The molecule has 1 N–H and O–H groups in total. The summed E-state index contributed by atoms with van der Waals surface area (Å²) in [6.45, 7) is 18.0. The van der Waals surface area contributed by atoms with Crippen LogP contribution in [0.3, 0.4) is 0 Å². The van der Waals surface area contributed by atoms with Gasteiger partial charge in [-0.1, -0.05) is 55.4 Å². The average Bonchev–Trinajstić information content (AvgIpc) is 2.44. The van der Waals surface area contributed by atoms with Gasteiger partial charge in [-0.25, -0.2) is 0 Å². The van der Waals surface area contributed by atoms with Crippen LogP contribution < -0.4 is 5.32 Å². The molecule has 0 aromatic heterocycles. The Balaban J connectivity index is 2.85. The molecule has 2 nitrogen and oxygen atoms in total. The zero-order chi connectivity index (χ0) is 12.7. The molecule has 1 rings (SSSR count). The highest BCUT2D eigenvalue weighted by molar-refractivity contribution is 4.96. The summed E-state index contributed by atoms with van der Waals surface area (Å²) in [6, 6.07) is 0.462. The summed E-state index contributed by atoms with van der Waals surface area (Å²) >= 11 is 0. The fraction of sp³-hybridized carbons (Fsp3) is 1.00. The van der Waals surface area contributed by atoms with Crippen LogP contribution in [0.4, 0.5) is 0 Å². The predicted octanol–water partition coefficient (Wildman–Crippen LogP) is 3.42. The lowest BCUT2D eigenvalue weighted by Gasteiger charge is -2.32. The Morgan fingerprint density at radius 2 is 1.44 bits per heavy atom. The van der Waals surface area contributed by atoms with E-state index in [0.717, 1.165) is 0 Å². The molecule has 0 aromatic carbocycles. The monoisotopic (exact) mass is 227 g/mol. The molecule has 1 fully saturated rings. The van der Waals surface area contributed by atoms with E-state index in [4.69, 9.17) is 4.74 Å². The molecule has 0 aliphatic carbocycles. The molecule has 16 heavy (non-hydrogen) atoms. The molecule has 0 aromatic rings. The van der Waals surface area contributed by atoms with Crippen molar-refractivity contribution in [1.29, 1.82) is 0 Å². The quantitative estimate of drug-likeness (QED) is 0.741. The Labute approximate surface area is 101 Å². The maximum absolute atomic E-state index is 6.25. The van der Waals surface area contributed by atoms with Crippen molar-refractivity contribution in [3.63, 3.8) is 0 Å². The molecule has 0 spiro atoms. The number of ether oxygens (including phenoxy) is 1. The fourth-order valence-electron chi connectivity index (χ4n) is 2.27. The van der Waals surface area contributed by atoms with Crippen molar-refractivity contribution in [2.75, 3.05) is 0 Å². The van der Waals surface area contributed by atoms with E-state index in [1.54, 1.807) is 0 Å². The van der Waals surface area contributed by atoms with Gasteiger partial charge in [0.2, 0.25) is 0 Å². The highest BCUT2D eigenvalue weighted by atomic mass is 16.5. The summed E-state index contributed by atoms with van der Waals surface area (Å²) in [7, 11) is 0. The highest BCUT2D eigenvalue weighted by Gasteiger charge is 2.45. The van der Waals surface area contributed by atoms with Gasteiger partial charge in [-0.15, -0.1) is 0 Å². The Bertz CT molecular complexity index is 234. The second kappa shape index (κ2) is 4.30. The first kappa shape index (κ1) is 14.0. The molecule has 0 saturated carbocycles. The van der Waals surface area contributed by atoms with E-state index in [0.29, 0.717) is 18.1 Å². The molecule has 1 saturated heterocycles. The molecule has 96 valence electrons. The zero-order valence-electron chi connectivity index (χ0n) is 12.2. The maximum atomic E-state index is 6.25. The average molecular weight is 227 g/mol. The van der Waals surface area contributed by atoms with Gasteiger partial charge in [0.25, 0.3) is 0 Å². The summed E-state index contributed by atoms with van der Waals surface area (Å²) in [4.78, 5) is 0. The van der Waals surface area contributed by atoms with E-state index in [1.807, 2.05) is 0 Å². The first-order valence-electron chi connectivity index (χ1n) is 6.45. The van der Waals surface area contributed by atoms with Gasteiger partial charge < -0.3 is 4.74 Å². The third-order valence-electron chi connectivity index (χ3n) is 3.31. The van der Waals surface area contributed by atoms with Crippen LogP contribution in [0.25, 0.3) is 0 Å². The predicted molar refractivity (Wildman–Crippen MR) is 69.3 cm³/mol. The number of rotatable bonds is 1. The zero-order valence-corrected chi connectivity index (χ0v) is 12.2. The van der Waals surface area contributed by atoms with Gasteiger partial charge in [0.1, 0.15) is 6.23 Å². The molecule has 0 amide bonds. The van der Waals surface area contributed by atoms with Gasteiger partial charge in [0.15, 0.2) is 0 Å². The minimum atomic E-state index is 0.160. The van der Waals surface area contributed by atoms with Crippen LogP contribution in [0.5, 0.6) is 0 Å². The summed E-state index contributed by atoms with van der Waals surface area (Å²) in [5, 5.41) is 3.66. The Morgan fingerprint density at radius 1 is 0.938 bits per heavy atom. The van der Waals surface area contributed by atoms with Gasteiger partial charge in [0.05, 0.1) is 6.10 Å². The summed E-state index contributed by atoms with van der Waals surface area (Å²) < 4.78 is 6.25. The molecule has 1 aliphatic heterocycles. The Kier molecular flexibility index (Phi) is 3.76. The lowest BCUT2D eigenvalue weighted by Crippen LogP contribution is -2.44. The minimum Gasteiger partial charge on any atom is -0.357 e. The van der Waals surface area contributed by atoms with Crippen LogP contribution in [-0.2, 0) is 4.74 Å². The van der Waals surface area contributed by atoms with Crippen molar-refractivity contribution in [1.82, 2.24) is 5.32 Å². The van der Waals surface area contributed by atoms with Gasteiger partial charge in [0, 0.05) is 11.5 Å². The topological polar surface area (TPSA) is 21.3 Å². The van der Waals surface area contributed by atoms with Crippen molar-refractivity contribution >= 4 is 0 Å². The molecule has 1 heterocycles. The Morgan fingerprint density at radius 3 is 1.69 bits per heavy atom. The standard InChI is InChI=1S/C14H29NO/c1-9(2)10-11(13(3,4)5)16-12(15-10)14(6,7)8/h9-12,15H,1-8H3. The van der Waals surface area contributed by atoms with Crippen LogP contribution in [0.1, 0.15) is 55.4 Å². The number of hydrogen-bond donors (Lipinski definition) is 1. The lowest BCUT2D eigenvalue weighted by molar-refractivity contribution is -0.0655. The molecule has 3 atom stereocenters. The van der Waals surface area contributed by atoms with Gasteiger partial charge in [-0.3, -0.25) is 5.32 Å². The van der Waals surface area contributed by atoms with Gasteiger partial charge >= 0.3 is 0 Å². The fourth-order valence-corrected chi connectivity index (χ4v) is 2.27. The second-order valence-electron chi connectivity index (χ2n) is 7.61. The molecular formula is C14H29NO. The molecule has 0 bridgehead atoms. The molecule has 0 radical (unpaired) electrons. The van der Waals surface area contributed by atoms with E-state index in [9.17, 15) is 0 Å². The molecular weight excluding hydrogens is 198 g/mol. The van der Waals surface area contributed by atoms with Crippen molar-refractivity contribution in [3.8, 4) is 0 Å². The Hall–Kier alpha value is -0.0800. The molecule has 1 aliphatic rings. The van der Waals surface area contributed by atoms with E-state index >= 15 is 0 Å². The van der Waals surface area contributed by atoms with Crippen LogP contribution in [-0.4, -0.2) is 18.4 Å². The van der Waals surface area contributed by atoms with E-state index in [-0.39, 0.29) is 17.1 Å². The van der Waals surface area contributed by atoms with Crippen LogP contribution in [0.15, 0.2) is 0 Å². The lowest BCUT2D eigenvalue weighted by atomic mass is 9.81. The van der Waals surface area contributed by atoms with E-state index < -0.39 is 0 Å². The van der Waals surface area contributed by atoms with Crippen LogP contribution in [0.2, 0.25) is 0 Å². The largest absolute Gasteiger partial charge is 0.357 e. The minimum absolute atomic E-state index is 0.160. The van der Waals surface area contributed by atoms with Crippen molar-refractivity contribution < 1.29 is 4.74 Å². The second-order valence-corrected chi connectivity index (χ2v) is 7.61. The molecule has 2 heteroatoms. The number of nitrogens with one attached hydrogen (secondary N) is 1. The van der Waals surface area contributed by atoms with E-state index in [1.165, 1.54) is 0 Å². The first-order chi connectivity index (χ1) is 7.03. The highest BCUT2D eigenvalue weighted by Crippen LogP contribution is 2.37. The summed E-state index contributed by atoms with van der Waals surface area (Å²) in [5.74, 6) is 0.608. The van der Waals surface area contributed by atoms with Gasteiger partial charge in [-0.2, -0.15) is 0 Å². The van der Waals surface area contributed by atoms with Crippen molar-refractivity contribution in [2.45, 2.75) is 73.8 Å². The first-order valence-corrected chi connectivity index (χ1v) is 6.45. The SMILES string of the molecule is CC(C)C1NC(C(C)(C)C)OC1C(C)(C)C. The van der Waals surface area contributed by atoms with E-state index in [2.05, 4.69) is 60.7 Å². The van der Waals surface area contributed by atoms with Crippen molar-refractivity contribution in [2.24, 2.45) is 16.7 Å². The number of hydrogen-bond acceptors (Lipinski definition) is 2. The van der Waals surface area contributed by atoms with Crippen molar-refractivity contribution in [3.05, 3.63) is 0 Å². The normalized spacial score (nSPS) is 32.4. The molecule has 3 unspecified atom stereocenters. The summed E-state index contributed by atoms with van der Waals surface area (Å²) in [6.07, 6.45) is 0.473. The maximum Gasteiger partial charge on any atom is 0.113 e. The van der Waals surface area contributed by atoms with Crippen LogP contribution >= 0.6 is 0 Å². The third kappa shape index (κ3) is 2.98. The smallest absolute Gasteiger partial charge is 0.113 e. The third-order valence-corrected chi connectivity index (χ3v) is 3.31. The summed E-state index contributed by atoms with van der Waals surface area (Å²) in [5.41, 5.74) is 0.356. The van der Waals surface area contributed by atoms with Gasteiger partial charge in [-0.05, 0) is 11.3 Å².